The lowest BCUT2D eigenvalue weighted by Gasteiger charge is -2.22. The molecule has 0 bridgehead atoms. The summed E-state index contributed by atoms with van der Waals surface area (Å²) in [5.74, 6) is -0.375. The third-order valence-corrected chi connectivity index (χ3v) is 2.68. The van der Waals surface area contributed by atoms with Gasteiger partial charge in [0.05, 0.1) is 5.56 Å². The van der Waals surface area contributed by atoms with Crippen molar-refractivity contribution in [3.8, 4) is 0 Å². The first-order valence-corrected chi connectivity index (χ1v) is 5.77. The van der Waals surface area contributed by atoms with Crippen LogP contribution in [-0.4, -0.2) is 45.0 Å². The molecule has 0 aliphatic carbocycles. The summed E-state index contributed by atoms with van der Waals surface area (Å²) in [4.78, 5) is 15.5. The molecule has 0 spiro atoms. The van der Waals surface area contributed by atoms with E-state index in [0.717, 1.165) is 25.2 Å². The number of amides is 1. The molecule has 17 heavy (non-hydrogen) atoms. The maximum atomic E-state index is 11.3. The maximum absolute atomic E-state index is 11.3. The lowest BCUT2D eigenvalue weighted by Crippen LogP contribution is -2.25. The summed E-state index contributed by atoms with van der Waals surface area (Å²) < 4.78 is 0. The van der Waals surface area contributed by atoms with Gasteiger partial charge in [-0.25, -0.2) is 0 Å². The van der Waals surface area contributed by atoms with E-state index in [1.54, 1.807) is 6.07 Å². The molecule has 0 unspecified atom stereocenters. The zero-order chi connectivity index (χ0) is 12.8. The van der Waals surface area contributed by atoms with Crippen molar-refractivity contribution in [2.45, 2.75) is 6.42 Å². The molecule has 1 rings (SSSR count). The normalized spacial score (nSPS) is 10.6. The number of carbonyl (C=O) groups excluding carboxylic acids is 1. The minimum atomic E-state index is -0.375. The third kappa shape index (κ3) is 4.07. The van der Waals surface area contributed by atoms with Crippen molar-refractivity contribution >= 4 is 11.6 Å². The largest absolute Gasteiger partial charge is 0.374 e. The summed E-state index contributed by atoms with van der Waals surface area (Å²) >= 11 is 0. The van der Waals surface area contributed by atoms with Crippen LogP contribution in [0.3, 0.4) is 0 Å². The van der Waals surface area contributed by atoms with Gasteiger partial charge < -0.3 is 15.5 Å². The van der Waals surface area contributed by atoms with Crippen molar-refractivity contribution in [1.29, 1.82) is 0 Å². The Morgan fingerprint density at radius 1 is 1.18 bits per heavy atom. The van der Waals surface area contributed by atoms with Crippen molar-refractivity contribution in [2.75, 3.05) is 39.1 Å². The third-order valence-electron chi connectivity index (χ3n) is 2.68. The van der Waals surface area contributed by atoms with Gasteiger partial charge in [-0.2, -0.15) is 0 Å². The highest BCUT2D eigenvalue weighted by molar-refractivity contribution is 5.98. The molecule has 4 nitrogen and oxygen atoms in total. The second-order valence-corrected chi connectivity index (χ2v) is 4.46. The Morgan fingerprint density at radius 3 is 2.41 bits per heavy atom. The van der Waals surface area contributed by atoms with Gasteiger partial charge >= 0.3 is 0 Å². The second kappa shape index (κ2) is 6.25. The highest BCUT2D eigenvalue weighted by Crippen LogP contribution is 2.18. The van der Waals surface area contributed by atoms with Crippen LogP contribution in [0.2, 0.25) is 0 Å². The molecule has 2 N–H and O–H groups in total. The van der Waals surface area contributed by atoms with E-state index in [4.69, 9.17) is 5.73 Å². The molecule has 0 saturated heterocycles. The Bertz CT molecular complexity index is 377. The molecule has 1 aromatic carbocycles. The average Bonchev–Trinajstić information content (AvgIpc) is 2.28. The predicted octanol–water partition coefficient (Wildman–Crippen LogP) is 1.17. The van der Waals surface area contributed by atoms with Crippen molar-refractivity contribution in [1.82, 2.24) is 4.90 Å². The van der Waals surface area contributed by atoms with Crippen molar-refractivity contribution in [3.63, 3.8) is 0 Å². The molecule has 4 heteroatoms. The number of nitrogens with two attached hydrogens (primary N) is 1. The number of hydrogen-bond donors (Lipinski definition) is 1. The molecule has 0 saturated carbocycles. The highest BCUT2D eigenvalue weighted by atomic mass is 16.1. The Morgan fingerprint density at radius 2 is 1.82 bits per heavy atom. The minimum absolute atomic E-state index is 0.375. The number of carbonyl (C=O) groups is 1. The van der Waals surface area contributed by atoms with Gasteiger partial charge in [-0.05, 0) is 39.2 Å². The van der Waals surface area contributed by atoms with Crippen LogP contribution in [0.1, 0.15) is 16.8 Å². The van der Waals surface area contributed by atoms with E-state index in [9.17, 15) is 4.79 Å². The molecule has 1 amide bonds. The summed E-state index contributed by atoms with van der Waals surface area (Å²) in [6.07, 6.45) is 1.05. The molecule has 1 aromatic rings. The summed E-state index contributed by atoms with van der Waals surface area (Å²) in [7, 11) is 6.09. The molecule has 0 atom stereocenters. The van der Waals surface area contributed by atoms with Crippen LogP contribution in [0.25, 0.3) is 0 Å². The standard InChI is InChI=1S/C13H21N3O/c1-15(2)9-6-10-16(3)12-8-5-4-7-11(12)13(14)17/h4-5,7-8H,6,9-10H2,1-3H3,(H2,14,17). The summed E-state index contributed by atoms with van der Waals surface area (Å²) in [6.45, 7) is 1.94. The number of benzene rings is 1. The number of nitrogens with zero attached hydrogens (tertiary/aromatic N) is 2. The monoisotopic (exact) mass is 235 g/mol. The topological polar surface area (TPSA) is 49.6 Å². The Kier molecular flexibility index (Phi) is 4.97. The zero-order valence-electron chi connectivity index (χ0n) is 10.8. The summed E-state index contributed by atoms with van der Waals surface area (Å²) in [5.41, 5.74) is 6.84. The molecule has 0 aliphatic heterocycles. The summed E-state index contributed by atoms with van der Waals surface area (Å²) in [5, 5.41) is 0. The van der Waals surface area contributed by atoms with Gasteiger partial charge in [0, 0.05) is 19.3 Å². The Labute approximate surface area is 103 Å². The van der Waals surface area contributed by atoms with Crippen molar-refractivity contribution < 1.29 is 4.79 Å². The molecule has 0 radical (unpaired) electrons. The Hall–Kier alpha value is -1.55. The SMILES string of the molecule is CN(C)CCCN(C)c1ccccc1C(N)=O. The Balaban J connectivity index is 2.68. The van der Waals surface area contributed by atoms with Crippen LogP contribution in [0.4, 0.5) is 5.69 Å². The van der Waals surface area contributed by atoms with Gasteiger partial charge in [-0.3, -0.25) is 4.79 Å². The van der Waals surface area contributed by atoms with Crippen molar-refractivity contribution in [3.05, 3.63) is 29.8 Å². The van der Waals surface area contributed by atoms with E-state index < -0.39 is 0 Å². The van der Waals surface area contributed by atoms with E-state index in [1.165, 1.54) is 0 Å². The van der Waals surface area contributed by atoms with Gasteiger partial charge in [-0.1, -0.05) is 12.1 Å². The van der Waals surface area contributed by atoms with E-state index in [2.05, 4.69) is 23.9 Å². The van der Waals surface area contributed by atoms with E-state index >= 15 is 0 Å². The predicted molar refractivity (Wildman–Crippen MR) is 71.4 cm³/mol. The average molecular weight is 235 g/mol. The van der Waals surface area contributed by atoms with Crippen LogP contribution in [0.15, 0.2) is 24.3 Å². The van der Waals surface area contributed by atoms with Crippen LogP contribution in [-0.2, 0) is 0 Å². The van der Waals surface area contributed by atoms with Crippen molar-refractivity contribution in [2.24, 2.45) is 5.73 Å². The first-order chi connectivity index (χ1) is 8.02. The van der Waals surface area contributed by atoms with Crippen LogP contribution in [0, 0.1) is 0 Å². The molecule has 0 aliphatic rings. The smallest absolute Gasteiger partial charge is 0.250 e. The fourth-order valence-electron chi connectivity index (χ4n) is 1.76. The number of anilines is 1. The maximum Gasteiger partial charge on any atom is 0.250 e. The van der Waals surface area contributed by atoms with Gasteiger partial charge in [0.2, 0.25) is 0 Å². The van der Waals surface area contributed by atoms with Gasteiger partial charge in [-0.15, -0.1) is 0 Å². The number of para-hydroxylation sites is 1. The van der Waals surface area contributed by atoms with E-state index in [-0.39, 0.29) is 5.91 Å². The lowest BCUT2D eigenvalue weighted by atomic mass is 10.1. The highest BCUT2D eigenvalue weighted by Gasteiger charge is 2.10. The van der Waals surface area contributed by atoms with Gasteiger partial charge in [0.15, 0.2) is 0 Å². The molecular weight excluding hydrogens is 214 g/mol. The van der Waals surface area contributed by atoms with E-state index in [1.807, 2.05) is 25.2 Å². The van der Waals surface area contributed by atoms with E-state index in [0.29, 0.717) is 5.56 Å². The minimum Gasteiger partial charge on any atom is -0.374 e. The molecular formula is C13H21N3O. The molecule has 0 heterocycles. The van der Waals surface area contributed by atoms with Crippen LogP contribution >= 0.6 is 0 Å². The first kappa shape index (κ1) is 13.5. The second-order valence-electron chi connectivity index (χ2n) is 4.46. The van der Waals surface area contributed by atoms with Gasteiger partial charge in [0.1, 0.15) is 0 Å². The lowest BCUT2D eigenvalue weighted by molar-refractivity contribution is 0.100. The molecule has 0 fully saturated rings. The molecule has 94 valence electrons. The fourth-order valence-corrected chi connectivity index (χ4v) is 1.76. The fraction of sp³-hybridized carbons (Fsp3) is 0.462. The zero-order valence-corrected chi connectivity index (χ0v) is 10.8. The van der Waals surface area contributed by atoms with Crippen LogP contribution in [0.5, 0.6) is 0 Å². The number of primary amides is 1. The number of rotatable bonds is 6. The summed E-state index contributed by atoms with van der Waals surface area (Å²) in [6, 6.07) is 7.44. The van der Waals surface area contributed by atoms with Gasteiger partial charge in [0.25, 0.3) is 5.91 Å². The molecule has 0 aromatic heterocycles. The quantitative estimate of drug-likeness (QED) is 0.805. The number of hydrogen-bond acceptors (Lipinski definition) is 3. The first-order valence-electron chi connectivity index (χ1n) is 5.77. The van der Waals surface area contributed by atoms with Crippen LogP contribution < -0.4 is 10.6 Å².